The second-order valence-electron chi connectivity index (χ2n) is 12.8. The van der Waals surface area contributed by atoms with Crippen molar-refractivity contribution in [2.45, 2.75) is 61.6 Å². The van der Waals surface area contributed by atoms with E-state index in [1.807, 2.05) is 67.4 Å². The molecule has 4 aliphatic heterocycles. The minimum absolute atomic E-state index is 0.211. The molecule has 0 amide bonds. The maximum Gasteiger partial charge on any atom is 0.190 e. The molecule has 8 heteroatoms. The summed E-state index contributed by atoms with van der Waals surface area (Å²) in [7, 11) is 7.37. The standard InChI is InChI=1S/C40H36O4S4/c1-39(41)36-13-5-9-32-27(7-3-11-34(32)36)23-47-46-22-26-16-29-15-25-17-30(19-43-39)38(29)31(18-26)20-44-40(2,42)37-14-6-10-33-28(24-48-45-21-25)8-4-12-35(33)37/h3-18,41-42H,19-24H2,1-2H3/t39-,40?/m1/s1. The number of hydrogen-bond acceptors (Lipinski definition) is 8. The van der Waals surface area contributed by atoms with Crippen molar-refractivity contribution >= 4 is 75.5 Å². The molecule has 2 N–H and O–H groups in total. The van der Waals surface area contributed by atoms with E-state index in [0.29, 0.717) is 0 Å². The van der Waals surface area contributed by atoms with Gasteiger partial charge in [0.1, 0.15) is 0 Å². The number of hydrogen-bond donors (Lipinski definition) is 2. The van der Waals surface area contributed by atoms with E-state index in [1.54, 1.807) is 13.8 Å². The SMILES string of the molecule is CC1(O)OCc2cc3cc4cc(cc(c24)CO[C@@](C)(O)c2cccc4c(cccc24)CSSC3)CSSCc2cccc3c1cccc23. The van der Waals surface area contributed by atoms with Crippen molar-refractivity contribution < 1.29 is 19.7 Å². The first-order valence-corrected chi connectivity index (χ1v) is 21.1. The summed E-state index contributed by atoms with van der Waals surface area (Å²) in [5.74, 6) is 0.316. The molecule has 0 aliphatic carbocycles. The molecule has 1 unspecified atom stereocenters. The fourth-order valence-corrected chi connectivity index (χ4v) is 11.3. The molecule has 6 aromatic rings. The molecule has 10 rings (SSSR count). The molecule has 0 saturated heterocycles. The molecule has 2 atom stereocenters. The average Bonchev–Trinajstić information content (AvgIpc) is 3.08. The summed E-state index contributed by atoms with van der Waals surface area (Å²) in [6.45, 7) is 3.91. The van der Waals surface area contributed by atoms with Crippen LogP contribution in [-0.2, 0) is 57.3 Å². The fraction of sp³-hybridized carbons (Fsp3) is 0.250. The first-order valence-electron chi connectivity index (χ1n) is 16.1. The van der Waals surface area contributed by atoms with Crippen molar-refractivity contribution in [2.75, 3.05) is 0 Å². The van der Waals surface area contributed by atoms with Crippen molar-refractivity contribution in [3.05, 3.63) is 142 Å². The third-order valence-corrected chi connectivity index (χ3v) is 13.9. The number of benzene rings is 6. The lowest BCUT2D eigenvalue weighted by molar-refractivity contribution is -0.205. The maximum absolute atomic E-state index is 11.9. The van der Waals surface area contributed by atoms with E-state index >= 15 is 0 Å². The molecular formula is C40H36O4S4. The van der Waals surface area contributed by atoms with Gasteiger partial charge in [-0.2, -0.15) is 0 Å². The van der Waals surface area contributed by atoms with E-state index in [1.165, 1.54) is 22.3 Å². The highest BCUT2D eigenvalue weighted by Gasteiger charge is 2.29. The first-order chi connectivity index (χ1) is 23.3. The lowest BCUT2D eigenvalue weighted by Gasteiger charge is -2.28. The maximum atomic E-state index is 11.9. The Morgan fingerprint density at radius 1 is 0.500 bits per heavy atom. The van der Waals surface area contributed by atoms with Gasteiger partial charge >= 0.3 is 0 Å². The highest BCUT2D eigenvalue weighted by Crippen LogP contribution is 2.41. The molecule has 14 bridgehead atoms. The summed E-state index contributed by atoms with van der Waals surface area (Å²) in [5, 5.41) is 30.3. The molecular weight excluding hydrogens is 673 g/mol. The van der Waals surface area contributed by atoms with Crippen LogP contribution in [0.15, 0.2) is 97.1 Å². The van der Waals surface area contributed by atoms with Crippen LogP contribution < -0.4 is 0 Å². The topological polar surface area (TPSA) is 58.9 Å². The summed E-state index contributed by atoms with van der Waals surface area (Å²) in [4.78, 5) is 0. The number of rotatable bonds is 0. The van der Waals surface area contributed by atoms with Crippen molar-refractivity contribution in [1.82, 2.24) is 0 Å². The molecule has 4 aliphatic rings. The van der Waals surface area contributed by atoms with E-state index in [0.717, 1.165) is 77.6 Å². The number of aliphatic hydroxyl groups is 2. The Labute approximate surface area is 296 Å². The van der Waals surface area contributed by atoms with E-state index in [2.05, 4.69) is 72.8 Å². The third kappa shape index (κ3) is 6.27. The van der Waals surface area contributed by atoms with Gasteiger partial charge in [0.25, 0.3) is 0 Å². The zero-order valence-electron chi connectivity index (χ0n) is 26.8. The van der Waals surface area contributed by atoms with E-state index in [9.17, 15) is 10.2 Å². The Morgan fingerprint density at radius 3 is 1.40 bits per heavy atom. The highest BCUT2D eigenvalue weighted by atomic mass is 33.1. The van der Waals surface area contributed by atoms with Crippen LogP contribution in [0.5, 0.6) is 0 Å². The number of ether oxygens (including phenoxy) is 2. The molecule has 0 radical (unpaired) electrons. The van der Waals surface area contributed by atoms with Crippen LogP contribution >= 0.6 is 43.2 Å². The Kier molecular flexibility index (Phi) is 8.97. The lowest BCUT2D eigenvalue weighted by Crippen LogP contribution is -2.26. The van der Waals surface area contributed by atoms with Crippen LogP contribution in [0.4, 0.5) is 0 Å². The van der Waals surface area contributed by atoms with Gasteiger partial charge in [-0.15, -0.1) is 0 Å². The van der Waals surface area contributed by atoms with Crippen LogP contribution in [0, 0.1) is 0 Å². The third-order valence-electron chi connectivity index (χ3n) is 9.42. The summed E-state index contributed by atoms with van der Waals surface area (Å²) in [5.41, 5.74) is 8.39. The second-order valence-corrected chi connectivity index (χ2v) is 17.8. The molecule has 4 nitrogen and oxygen atoms in total. The van der Waals surface area contributed by atoms with Crippen molar-refractivity contribution in [3.8, 4) is 0 Å². The zero-order chi connectivity index (χ0) is 32.9. The monoisotopic (exact) mass is 708 g/mol. The summed E-state index contributed by atoms with van der Waals surface area (Å²) in [6.07, 6.45) is 0. The smallest absolute Gasteiger partial charge is 0.190 e. The Hall–Kier alpha value is -2.66. The van der Waals surface area contributed by atoms with Gasteiger partial charge in [-0.1, -0.05) is 140 Å². The van der Waals surface area contributed by atoms with E-state index in [4.69, 9.17) is 9.47 Å². The van der Waals surface area contributed by atoms with Gasteiger partial charge in [0.05, 0.1) is 13.2 Å². The van der Waals surface area contributed by atoms with Gasteiger partial charge in [-0.25, -0.2) is 0 Å². The van der Waals surface area contributed by atoms with Crippen LogP contribution in [0.3, 0.4) is 0 Å². The molecule has 0 aromatic heterocycles. The second kappa shape index (κ2) is 13.2. The highest BCUT2D eigenvalue weighted by molar-refractivity contribution is 8.76. The summed E-state index contributed by atoms with van der Waals surface area (Å²) < 4.78 is 13.0. The minimum atomic E-state index is -1.52. The predicted octanol–water partition coefficient (Wildman–Crippen LogP) is 10.7. The first kappa shape index (κ1) is 32.5. The Bertz CT molecular complexity index is 2030. The Balaban J connectivity index is 1.27. The molecule has 0 fully saturated rings. The van der Waals surface area contributed by atoms with Gasteiger partial charge < -0.3 is 19.7 Å². The summed E-state index contributed by atoms with van der Waals surface area (Å²) >= 11 is 0. The van der Waals surface area contributed by atoms with Gasteiger partial charge in [-0.05, 0) is 79.5 Å². The van der Waals surface area contributed by atoms with E-state index < -0.39 is 11.6 Å². The summed E-state index contributed by atoms with van der Waals surface area (Å²) in [6, 6.07) is 33.9. The number of fused-ring (bicyclic) bond motifs is 10. The van der Waals surface area contributed by atoms with Crippen molar-refractivity contribution in [1.29, 1.82) is 0 Å². The molecule has 0 spiro atoms. The average molecular weight is 709 g/mol. The molecule has 244 valence electrons. The van der Waals surface area contributed by atoms with Crippen LogP contribution in [0.25, 0.3) is 32.3 Å². The largest absolute Gasteiger partial charge is 0.362 e. The van der Waals surface area contributed by atoms with Gasteiger partial charge in [0.2, 0.25) is 0 Å². The van der Waals surface area contributed by atoms with Crippen molar-refractivity contribution in [3.63, 3.8) is 0 Å². The molecule has 0 saturated carbocycles. The predicted molar refractivity (Wildman–Crippen MR) is 206 cm³/mol. The Morgan fingerprint density at radius 2 is 0.917 bits per heavy atom. The van der Waals surface area contributed by atoms with Crippen LogP contribution in [0.1, 0.15) is 58.4 Å². The minimum Gasteiger partial charge on any atom is -0.362 e. The zero-order valence-corrected chi connectivity index (χ0v) is 30.1. The lowest BCUT2D eigenvalue weighted by atomic mass is 9.94. The van der Waals surface area contributed by atoms with Gasteiger partial charge in [-0.3, -0.25) is 0 Å². The molecule has 4 heterocycles. The van der Waals surface area contributed by atoms with Crippen LogP contribution in [-0.4, -0.2) is 10.2 Å². The fourth-order valence-electron chi connectivity index (χ4n) is 7.06. The van der Waals surface area contributed by atoms with Crippen molar-refractivity contribution in [2.24, 2.45) is 0 Å². The van der Waals surface area contributed by atoms with Gasteiger partial charge in [0.15, 0.2) is 11.6 Å². The van der Waals surface area contributed by atoms with E-state index in [-0.39, 0.29) is 13.2 Å². The van der Waals surface area contributed by atoms with Crippen LogP contribution in [0.2, 0.25) is 0 Å². The normalized spacial score (nSPS) is 22.2. The molecule has 6 aromatic carbocycles. The van der Waals surface area contributed by atoms with Gasteiger partial charge in [0, 0.05) is 34.1 Å². The quantitative estimate of drug-likeness (QED) is 0.151. The molecule has 48 heavy (non-hydrogen) atoms.